The largest absolute Gasteiger partial charge is 0.439 e. The van der Waals surface area contributed by atoms with Gasteiger partial charge in [-0.15, -0.1) is 0 Å². The molecule has 29 heavy (non-hydrogen) atoms. The van der Waals surface area contributed by atoms with Crippen molar-refractivity contribution in [2.24, 2.45) is 5.73 Å². The van der Waals surface area contributed by atoms with E-state index in [1.165, 1.54) is 0 Å². The number of ether oxygens (including phenoxy) is 1. The van der Waals surface area contributed by atoms with Crippen LogP contribution in [0.5, 0.6) is 0 Å². The number of nitrogens with two attached hydrogens (primary N) is 1. The lowest BCUT2D eigenvalue weighted by molar-refractivity contribution is 0.102. The monoisotopic (exact) mass is 378 g/mol. The lowest BCUT2D eigenvalue weighted by Crippen LogP contribution is -2.24. The van der Waals surface area contributed by atoms with Crippen LogP contribution in [0.2, 0.25) is 0 Å². The van der Waals surface area contributed by atoms with Crippen molar-refractivity contribution >= 4 is 11.5 Å². The second-order valence-electron chi connectivity index (χ2n) is 6.64. The van der Waals surface area contributed by atoms with Gasteiger partial charge in [-0.3, -0.25) is 4.79 Å². The van der Waals surface area contributed by atoms with Crippen molar-refractivity contribution in [1.29, 1.82) is 5.26 Å². The quantitative estimate of drug-likeness (QED) is 0.662. The molecule has 0 amide bonds. The van der Waals surface area contributed by atoms with Gasteiger partial charge >= 0.3 is 0 Å². The summed E-state index contributed by atoms with van der Waals surface area (Å²) in [7, 11) is 0. The van der Waals surface area contributed by atoms with Crippen LogP contribution in [0.3, 0.4) is 0 Å². The Labute approximate surface area is 169 Å². The first-order chi connectivity index (χ1) is 14.2. The van der Waals surface area contributed by atoms with E-state index in [1.807, 2.05) is 78.9 Å². The van der Waals surface area contributed by atoms with Crippen LogP contribution in [0.1, 0.15) is 27.4 Å². The molecule has 1 heterocycles. The maximum Gasteiger partial charge on any atom is 0.205 e. The Morgan fingerprint density at radius 3 is 2.00 bits per heavy atom. The van der Waals surface area contributed by atoms with Gasteiger partial charge in [-0.05, 0) is 5.56 Å². The average Bonchev–Trinajstić information content (AvgIpc) is 2.79. The van der Waals surface area contributed by atoms with E-state index < -0.39 is 5.92 Å². The molecule has 4 heteroatoms. The van der Waals surface area contributed by atoms with Crippen LogP contribution in [-0.4, -0.2) is 5.78 Å². The SMILES string of the molecule is N#CC1=C(N)OC(c2ccccc2)=C(C(=O)c2ccccc2)C1c1ccccc1. The van der Waals surface area contributed by atoms with Gasteiger partial charge in [0.2, 0.25) is 5.88 Å². The predicted molar refractivity (Wildman–Crippen MR) is 111 cm³/mol. The molecule has 3 aromatic carbocycles. The summed E-state index contributed by atoms with van der Waals surface area (Å²) in [6.45, 7) is 0. The number of nitrogens with zero attached hydrogens (tertiary/aromatic N) is 1. The third-order valence-corrected chi connectivity index (χ3v) is 4.87. The highest BCUT2D eigenvalue weighted by molar-refractivity contribution is 6.14. The molecule has 0 spiro atoms. The minimum atomic E-state index is -0.613. The van der Waals surface area contributed by atoms with Gasteiger partial charge in [-0.25, -0.2) is 0 Å². The van der Waals surface area contributed by atoms with Crippen LogP contribution >= 0.6 is 0 Å². The summed E-state index contributed by atoms with van der Waals surface area (Å²) < 4.78 is 5.88. The molecule has 0 fully saturated rings. The molecule has 0 aromatic heterocycles. The van der Waals surface area contributed by atoms with E-state index in [4.69, 9.17) is 10.5 Å². The number of nitriles is 1. The number of carbonyl (C=O) groups is 1. The highest BCUT2D eigenvalue weighted by Gasteiger charge is 2.37. The fourth-order valence-electron chi connectivity index (χ4n) is 3.52. The molecular formula is C25H18N2O2. The summed E-state index contributed by atoms with van der Waals surface area (Å²) in [5.74, 6) is -0.411. The van der Waals surface area contributed by atoms with Gasteiger partial charge in [0.15, 0.2) is 5.78 Å². The van der Waals surface area contributed by atoms with Crippen molar-refractivity contribution in [2.75, 3.05) is 0 Å². The van der Waals surface area contributed by atoms with Crippen molar-refractivity contribution in [2.45, 2.75) is 5.92 Å². The maximum absolute atomic E-state index is 13.6. The summed E-state index contributed by atoms with van der Waals surface area (Å²) in [5.41, 5.74) is 8.83. The molecule has 0 aliphatic carbocycles. The van der Waals surface area contributed by atoms with E-state index in [0.29, 0.717) is 16.9 Å². The zero-order chi connectivity index (χ0) is 20.2. The zero-order valence-corrected chi connectivity index (χ0v) is 15.6. The number of rotatable bonds is 4. The van der Waals surface area contributed by atoms with Gasteiger partial charge in [0.25, 0.3) is 0 Å². The Bertz CT molecular complexity index is 1140. The van der Waals surface area contributed by atoms with Crippen LogP contribution in [-0.2, 0) is 4.74 Å². The topological polar surface area (TPSA) is 76.1 Å². The fourth-order valence-corrected chi connectivity index (χ4v) is 3.52. The Morgan fingerprint density at radius 1 is 0.862 bits per heavy atom. The van der Waals surface area contributed by atoms with Crippen molar-refractivity contribution in [3.8, 4) is 6.07 Å². The Kier molecular flexibility index (Phi) is 4.96. The lowest BCUT2D eigenvalue weighted by Gasteiger charge is -2.29. The highest BCUT2D eigenvalue weighted by Crippen LogP contribution is 2.43. The van der Waals surface area contributed by atoms with Crippen LogP contribution in [0, 0.1) is 11.3 Å². The van der Waals surface area contributed by atoms with Gasteiger partial charge in [0.05, 0.1) is 11.5 Å². The van der Waals surface area contributed by atoms with Crippen molar-refractivity contribution in [3.05, 3.63) is 125 Å². The van der Waals surface area contributed by atoms with Crippen molar-refractivity contribution in [1.82, 2.24) is 0 Å². The molecule has 0 bridgehead atoms. The summed E-state index contributed by atoms with van der Waals surface area (Å²) in [6.07, 6.45) is 0. The first-order valence-electron chi connectivity index (χ1n) is 9.22. The summed E-state index contributed by atoms with van der Waals surface area (Å²) in [4.78, 5) is 13.6. The fraction of sp³-hybridized carbons (Fsp3) is 0.0400. The predicted octanol–water partition coefficient (Wildman–Crippen LogP) is 4.79. The van der Waals surface area contributed by atoms with E-state index >= 15 is 0 Å². The van der Waals surface area contributed by atoms with E-state index in [2.05, 4.69) is 6.07 Å². The molecule has 4 rings (SSSR count). The maximum atomic E-state index is 13.6. The number of benzene rings is 3. The van der Waals surface area contributed by atoms with Gasteiger partial charge in [0, 0.05) is 11.1 Å². The number of hydrogen-bond donors (Lipinski definition) is 1. The molecular weight excluding hydrogens is 360 g/mol. The molecule has 0 radical (unpaired) electrons. The minimum Gasteiger partial charge on any atom is -0.439 e. The van der Waals surface area contributed by atoms with Gasteiger partial charge in [0.1, 0.15) is 17.4 Å². The number of carbonyl (C=O) groups excluding carboxylic acids is 1. The molecule has 2 N–H and O–H groups in total. The second kappa shape index (κ2) is 7.87. The molecule has 0 saturated carbocycles. The van der Waals surface area contributed by atoms with Crippen LogP contribution < -0.4 is 5.73 Å². The standard InChI is InChI=1S/C25H18N2O2/c26-16-20-21(17-10-4-1-5-11-17)22(23(28)18-12-6-2-7-13-18)24(29-25(20)27)19-14-8-3-9-15-19/h1-15,21H,27H2. The molecule has 1 unspecified atom stereocenters. The molecule has 1 atom stereocenters. The van der Waals surface area contributed by atoms with Crippen LogP contribution in [0.15, 0.2) is 108 Å². The average molecular weight is 378 g/mol. The summed E-state index contributed by atoms with van der Waals surface area (Å²) in [6, 6.07) is 29.9. The smallest absolute Gasteiger partial charge is 0.205 e. The van der Waals surface area contributed by atoms with Gasteiger partial charge in [-0.2, -0.15) is 5.26 Å². The molecule has 1 aliphatic heterocycles. The summed E-state index contributed by atoms with van der Waals surface area (Å²) >= 11 is 0. The molecule has 1 aliphatic rings. The zero-order valence-electron chi connectivity index (χ0n) is 15.6. The van der Waals surface area contributed by atoms with E-state index in [-0.39, 0.29) is 17.2 Å². The highest BCUT2D eigenvalue weighted by atomic mass is 16.5. The van der Waals surface area contributed by atoms with Gasteiger partial charge in [-0.1, -0.05) is 91.0 Å². The van der Waals surface area contributed by atoms with E-state index in [9.17, 15) is 10.1 Å². The molecule has 0 saturated heterocycles. The third-order valence-electron chi connectivity index (χ3n) is 4.87. The normalized spacial score (nSPS) is 16.2. The summed E-state index contributed by atoms with van der Waals surface area (Å²) in [5, 5.41) is 9.82. The number of Topliss-reactive ketones (excluding diaryl/α,β-unsaturated/α-hetero) is 1. The van der Waals surface area contributed by atoms with Gasteiger partial charge < -0.3 is 10.5 Å². The Balaban J connectivity index is 2.00. The number of ketones is 1. The minimum absolute atomic E-state index is 0.0183. The van der Waals surface area contributed by atoms with E-state index in [1.54, 1.807) is 12.1 Å². The van der Waals surface area contributed by atoms with Crippen molar-refractivity contribution < 1.29 is 9.53 Å². The van der Waals surface area contributed by atoms with E-state index in [0.717, 1.165) is 11.1 Å². The lowest BCUT2D eigenvalue weighted by atomic mass is 9.79. The molecule has 140 valence electrons. The van der Waals surface area contributed by atoms with Crippen LogP contribution in [0.4, 0.5) is 0 Å². The van der Waals surface area contributed by atoms with Crippen molar-refractivity contribution in [3.63, 3.8) is 0 Å². The Hall–Kier alpha value is -4.10. The third kappa shape index (κ3) is 3.42. The number of allylic oxidation sites excluding steroid dienone is 2. The Morgan fingerprint density at radius 2 is 1.41 bits per heavy atom. The molecule has 4 nitrogen and oxygen atoms in total. The number of hydrogen-bond acceptors (Lipinski definition) is 4. The first-order valence-corrected chi connectivity index (χ1v) is 9.22. The second-order valence-corrected chi connectivity index (χ2v) is 6.64. The first kappa shape index (κ1) is 18.3. The molecule has 3 aromatic rings. The van der Waals surface area contributed by atoms with Crippen LogP contribution in [0.25, 0.3) is 5.76 Å².